The minimum Gasteiger partial charge on any atom is -0.363 e. The fraction of sp³-hybridized carbons (Fsp3) is 0.214. The topological polar surface area (TPSA) is 50.7 Å². The number of nitrogens with zero attached hydrogens (tertiary/aromatic N) is 3. The third kappa shape index (κ3) is 2.59. The Hall–Kier alpha value is -1.72. The molecule has 6 heteroatoms. The van der Waals surface area contributed by atoms with Crippen LogP contribution in [0.3, 0.4) is 0 Å². The molecule has 1 N–H and O–H groups in total. The number of thiophene rings is 1. The van der Waals surface area contributed by atoms with Crippen LogP contribution in [0.25, 0.3) is 10.2 Å². The van der Waals surface area contributed by atoms with Crippen molar-refractivity contribution < 1.29 is 0 Å². The SMILES string of the molecule is Cc1cc2c(NC(C)c3cccnc3)nc(Cl)nc2s1. The monoisotopic (exact) mass is 304 g/mol. The molecule has 0 saturated carbocycles. The molecule has 0 aliphatic rings. The van der Waals surface area contributed by atoms with Crippen LogP contribution in [0.1, 0.15) is 23.4 Å². The molecule has 3 aromatic heterocycles. The Kier molecular flexibility index (Phi) is 3.54. The normalized spacial score (nSPS) is 12.6. The molecule has 0 bridgehead atoms. The molecule has 20 heavy (non-hydrogen) atoms. The van der Waals surface area contributed by atoms with Crippen LogP contribution in [-0.4, -0.2) is 15.0 Å². The average molecular weight is 305 g/mol. The van der Waals surface area contributed by atoms with E-state index in [9.17, 15) is 0 Å². The van der Waals surface area contributed by atoms with E-state index in [0.717, 1.165) is 21.6 Å². The first-order valence-corrected chi connectivity index (χ1v) is 7.43. The molecule has 0 aliphatic carbocycles. The van der Waals surface area contributed by atoms with Crippen molar-refractivity contribution in [1.82, 2.24) is 15.0 Å². The van der Waals surface area contributed by atoms with E-state index in [4.69, 9.17) is 11.6 Å². The van der Waals surface area contributed by atoms with Crippen molar-refractivity contribution in [3.63, 3.8) is 0 Å². The maximum absolute atomic E-state index is 5.99. The molecule has 0 saturated heterocycles. The largest absolute Gasteiger partial charge is 0.363 e. The molecule has 0 spiro atoms. The minimum absolute atomic E-state index is 0.0954. The number of aryl methyl sites for hydroxylation is 1. The summed E-state index contributed by atoms with van der Waals surface area (Å²) in [5.41, 5.74) is 1.10. The standard InChI is InChI=1S/C14H13ClN4S/c1-8-6-11-12(18-14(15)19-13(11)20-8)17-9(2)10-4-3-5-16-7-10/h3-7,9H,1-2H3,(H,17,18,19). The van der Waals surface area contributed by atoms with E-state index in [1.165, 1.54) is 4.88 Å². The van der Waals surface area contributed by atoms with E-state index in [-0.39, 0.29) is 11.3 Å². The van der Waals surface area contributed by atoms with E-state index in [1.807, 2.05) is 18.3 Å². The second-order valence-corrected chi connectivity index (χ2v) is 6.14. The highest BCUT2D eigenvalue weighted by Gasteiger charge is 2.13. The van der Waals surface area contributed by atoms with Crippen molar-refractivity contribution in [2.45, 2.75) is 19.9 Å². The molecule has 0 fully saturated rings. The summed E-state index contributed by atoms with van der Waals surface area (Å²) in [5.74, 6) is 0.765. The molecule has 0 radical (unpaired) electrons. The van der Waals surface area contributed by atoms with Crippen LogP contribution in [0.2, 0.25) is 5.28 Å². The van der Waals surface area contributed by atoms with Gasteiger partial charge in [0.2, 0.25) is 5.28 Å². The van der Waals surface area contributed by atoms with Crippen LogP contribution < -0.4 is 5.32 Å². The Balaban J connectivity index is 1.98. The van der Waals surface area contributed by atoms with Gasteiger partial charge in [0.05, 0.1) is 11.4 Å². The molecule has 1 atom stereocenters. The third-order valence-electron chi connectivity index (χ3n) is 3.03. The maximum Gasteiger partial charge on any atom is 0.225 e. The van der Waals surface area contributed by atoms with E-state index < -0.39 is 0 Å². The van der Waals surface area contributed by atoms with Gasteiger partial charge in [0.25, 0.3) is 0 Å². The number of hydrogen-bond acceptors (Lipinski definition) is 5. The van der Waals surface area contributed by atoms with Crippen LogP contribution >= 0.6 is 22.9 Å². The van der Waals surface area contributed by atoms with E-state index in [2.05, 4.69) is 40.2 Å². The molecule has 0 aliphatic heterocycles. The van der Waals surface area contributed by atoms with Crippen LogP contribution in [0.5, 0.6) is 0 Å². The van der Waals surface area contributed by atoms with E-state index >= 15 is 0 Å². The average Bonchev–Trinajstić information content (AvgIpc) is 2.80. The molecule has 0 amide bonds. The van der Waals surface area contributed by atoms with Crippen molar-refractivity contribution in [1.29, 1.82) is 0 Å². The summed E-state index contributed by atoms with van der Waals surface area (Å²) < 4.78 is 0. The number of halogens is 1. The first kappa shape index (κ1) is 13.3. The second kappa shape index (κ2) is 5.34. The van der Waals surface area contributed by atoms with Gasteiger partial charge in [-0.3, -0.25) is 4.98 Å². The highest BCUT2D eigenvalue weighted by molar-refractivity contribution is 7.18. The zero-order chi connectivity index (χ0) is 14.1. The lowest BCUT2D eigenvalue weighted by atomic mass is 10.1. The van der Waals surface area contributed by atoms with Crippen LogP contribution in [0, 0.1) is 6.92 Å². The number of aromatic nitrogens is 3. The molecular formula is C14H13ClN4S. The Morgan fingerprint density at radius 3 is 2.95 bits per heavy atom. The Labute approximate surface area is 125 Å². The summed E-state index contributed by atoms with van der Waals surface area (Å²) in [5, 5.41) is 4.66. The zero-order valence-corrected chi connectivity index (χ0v) is 12.7. The molecule has 1 unspecified atom stereocenters. The quantitative estimate of drug-likeness (QED) is 0.736. The Morgan fingerprint density at radius 2 is 2.20 bits per heavy atom. The summed E-state index contributed by atoms with van der Waals surface area (Å²) in [4.78, 5) is 14.8. The lowest BCUT2D eigenvalue weighted by Crippen LogP contribution is -2.08. The fourth-order valence-corrected chi connectivity index (χ4v) is 3.15. The fourth-order valence-electron chi connectivity index (χ4n) is 2.05. The maximum atomic E-state index is 5.99. The molecule has 0 aromatic carbocycles. The van der Waals surface area contributed by atoms with Gasteiger partial charge in [0.15, 0.2) is 0 Å². The summed E-state index contributed by atoms with van der Waals surface area (Å²) in [6.07, 6.45) is 3.61. The molecular weight excluding hydrogens is 292 g/mol. The lowest BCUT2D eigenvalue weighted by molar-refractivity contribution is 0.868. The number of rotatable bonds is 3. The van der Waals surface area contributed by atoms with Gasteiger partial charge in [-0.15, -0.1) is 11.3 Å². The van der Waals surface area contributed by atoms with Gasteiger partial charge >= 0.3 is 0 Å². The van der Waals surface area contributed by atoms with Crippen LogP contribution in [0.4, 0.5) is 5.82 Å². The van der Waals surface area contributed by atoms with Gasteiger partial charge in [0.1, 0.15) is 10.6 Å². The lowest BCUT2D eigenvalue weighted by Gasteiger charge is -2.15. The van der Waals surface area contributed by atoms with E-state index in [0.29, 0.717) is 0 Å². The summed E-state index contributed by atoms with van der Waals surface area (Å²) >= 11 is 7.61. The highest BCUT2D eigenvalue weighted by atomic mass is 35.5. The van der Waals surface area contributed by atoms with Gasteiger partial charge < -0.3 is 5.32 Å². The van der Waals surface area contributed by atoms with Crippen LogP contribution in [0.15, 0.2) is 30.6 Å². The Bertz CT molecular complexity index is 742. The number of pyridine rings is 1. The van der Waals surface area contributed by atoms with Crippen LogP contribution in [-0.2, 0) is 0 Å². The van der Waals surface area contributed by atoms with Crippen molar-refractivity contribution >= 4 is 39.0 Å². The predicted molar refractivity (Wildman–Crippen MR) is 83.4 cm³/mol. The first-order chi connectivity index (χ1) is 9.63. The number of nitrogens with one attached hydrogen (secondary N) is 1. The summed E-state index contributed by atoms with van der Waals surface area (Å²) in [7, 11) is 0. The van der Waals surface area contributed by atoms with Gasteiger partial charge in [0, 0.05) is 17.3 Å². The van der Waals surface area contributed by atoms with Gasteiger partial charge in [-0.1, -0.05) is 6.07 Å². The number of anilines is 1. The van der Waals surface area contributed by atoms with Gasteiger partial charge in [-0.25, -0.2) is 9.97 Å². The zero-order valence-electron chi connectivity index (χ0n) is 11.1. The molecule has 102 valence electrons. The molecule has 4 nitrogen and oxygen atoms in total. The smallest absolute Gasteiger partial charge is 0.225 e. The van der Waals surface area contributed by atoms with Gasteiger partial charge in [-0.05, 0) is 43.1 Å². The van der Waals surface area contributed by atoms with Crippen molar-refractivity contribution in [3.8, 4) is 0 Å². The third-order valence-corrected chi connectivity index (χ3v) is 4.14. The first-order valence-electron chi connectivity index (χ1n) is 6.23. The van der Waals surface area contributed by atoms with Crippen molar-refractivity contribution in [3.05, 3.63) is 46.3 Å². The van der Waals surface area contributed by atoms with Gasteiger partial charge in [-0.2, -0.15) is 0 Å². The minimum atomic E-state index is 0.0954. The highest BCUT2D eigenvalue weighted by Crippen LogP contribution is 2.31. The summed E-state index contributed by atoms with van der Waals surface area (Å²) in [6.45, 7) is 4.12. The predicted octanol–water partition coefficient (Wildman–Crippen LogP) is 4.22. The summed E-state index contributed by atoms with van der Waals surface area (Å²) in [6, 6.07) is 6.13. The van der Waals surface area contributed by atoms with Crippen molar-refractivity contribution in [2.24, 2.45) is 0 Å². The molecule has 3 heterocycles. The Morgan fingerprint density at radius 1 is 1.35 bits per heavy atom. The van der Waals surface area contributed by atoms with Crippen molar-refractivity contribution in [2.75, 3.05) is 5.32 Å². The second-order valence-electron chi connectivity index (χ2n) is 4.57. The molecule has 3 aromatic rings. The van der Waals surface area contributed by atoms with E-state index in [1.54, 1.807) is 17.5 Å². The number of fused-ring (bicyclic) bond motifs is 1. The molecule has 3 rings (SSSR count). The number of hydrogen-bond donors (Lipinski definition) is 1.